The van der Waals surface area contributed by atoms with E-state index in [1.54, 1.807) is 19.1 Å². The summed E-state index contributed by atoms with van der Waals surface area (Å²) in [6.45, 7) is 1.72. The first-order valence-corrected chi connectivity index (χ1v) is 5.45. The van der Waals surface area contributed by atoms with Crippen molar-refractivity contribution in [2.45, 2.75) is 13.3 Å². The van der Waals surface area contributed by atoms with Crippen LogP contribution in [-0.4, -0.2) is 18.2 Å². The SMILES string of the molecule is CCc1c(C(=O)O)oc2cc(OC)ccc2c1=O. The molecule has 1 aromatic heterocycles. The van der Waals surface area contributed by atoms with Gasteiger partial charge < -0.3 is 14.3 Å². The molecule has 1 aromatic carbocycles. The maximum Gasteiger partial charge on any atom is 0.372 e. The molecule has 0 bridgehead atoms. The molecule has 1 N–H and O–H groups in total. The number of rotatable bonds is 3. The highest BCUT2D eigenvalue weighted by Crippen LogP contribution is 2.21. The van der Waals surface area contributed by atoms with Crippen molar-refractivity contribution in [3.05, 3.63) is 39.7 Å². The van der Waals surface area contributed by atoms with Crippen LogP contribution in [0.1, 0.15) is 23.0 Å². The van der Waals surface area contributed by atoms with Crippen molar-refractivity contribution in [1.29, 1.82) is 0 Å². The van der Waals surface area contributed by atoms with Crippen molar-refractivity contribution < 1.29 is 19.1 Å². The third-order valence-electron chi connectivity index (χ3n) is 2.74. The molecule has 0 amide bonds. The van der Waals surface area contributed by atoms with Gasteiger partial charge in [0.2, 0.25) is 5.76 Å². The lowest BCUT2D eigenvalue weighted by molar-refractivity contribution is 0.0661. The predicted molar refractivity (Wildman–Crippen MR) is 65.4 cm³/mol. The van der Waals surface area contributed by atoms with Crippen LogP contribution < -0.4 is 10.2 Å². The van der Waals surface area contributed by atoms with Crippen molar-refractivity contribution in [3.63, 3.8) is 0 Å². The van der Waals surface area contributed by atoms with Gasteiger partial charge in [0.15, 0.2) is 5.43 Å². The average molecular weight is 248 g/mol. The molecule has 0 atom stereocenters. The molecule has 0 aliphatic heterocycles. The maximum absolute atomic E-state index is 12.1. The van der Waals surface area contributed by atoms with Crippen molar-refractivity contribution in [2.24, 2.45) is 0 Å². The van der Waals surface area contributed by atoms with Crippen LogP contribution in [-0.2, 0) is 6.42 Å². The molecule has 94 valence electrons. The Morgan fingerprint density at radius 1 is 1.44 bits per heavy atom. The average Bonchev–Trinajstić information content (AvgIpc) is 2.37. The van der Waals surface area contributed by atoms with Crippen LogP contribution in [0.25, 0.3) is 11.0 Å². The Labute approximate surface area is 103 Å². The number of carbonyl (C=O) groups is 1. The van der Waals surface area contributed by atoms with Gasteiger partial charge in [0.25, 0.3) is 0 Å². The van der Waals surface area contributed by atoms with Crippen molar-refractivity contribution in [3.8, 4) is 5.75 Å². The monoisotopic (exact) mass is 248 g/mol. The van der Waals surface area contributed by atoms with Gasteiger partial charge in [-0.3, -0.25) is 4.79 Å². The topological polar surface area (TPSA) is 76.7 Å². The Morgan fingerprint density at radius 3 is 2.72 bits per heavy atom. The fourth-order valence-corrected chi connectivity index (χ4v) is 1.83. The molecule has 0 unspecified atom stereocenters. The number of carboxylic acid groups (broad SMARTS) is 1. The molecule has 0 fully saturated rings. The lowest BCUT2D eigenvalue weighted by Gasteiger charge is -2.06. The van der Waals surface area contributed by atoms with Crippen molar-refractivity contribution in [2.75, 3.05) is 7.11 Å². The summed E-state index contributed by atoms with van der Waals surface area (Å²) >= 11 is 0. The molecule has 0 aliphatic carbocycles. The summed E-state index contributed by atoms with van der Waals surface area (Å²) in [7, 11) is 1.48. The number of benzene rings is 1. The highest BCUT2D eigenvalue weighted by Gasteiger charge is 2.18. The van der Waals surface area contributed by atoms with E-state index in [-0.39, 0.29) is 22.3 Å². The molecular formula is C13H12O5. The van der Waals surface area contributed by atoms with Crippen LogP contribution in [0, 0.1) is 0 Å². The molecule has 5 heteroatoms. The summed E-state index contributed by atoms with van der Waals surface area (Å²) in [4.78, 5) is 23.2. The second kappa shape index (κ2) is 4.52. The Balaban J connectivity index is 2.86. The fraction of sp³-hybridized carbons (Fsp3) is 0.231. The minimum Gasteiger partial charge on any atom is -0.497 e. The Bertz CT molecular complexity index is 669. The van der Waals surface area contributed by atoms with E-state index in [0.29, 0.717) is 17.6 Å². The van der Waals surface area contributed by atoms with E-state index < -0.39 is 5.97 Å². The van der Waals surface area contributed by atoms with E-state index in [2.05, 4.69) is 0 Å². The molecule has 2 aromatic rings. The predicted octanol–water partition coefficient (Wildman–Crippen LogP) is 2.06. The molecule has 0 saturated heterocycles. The minimum atomic E-state index is -1.24. The van der Waals surface area contributed by atoms with Crippen molar-refractivity contribution in [1.82, 2.24) is 0 Å². The van der Waals surface area contributed by atoms with Crippen LogP contribution in [0.3, 0.4) is 0 Å². The third kappa shape index (κ3) is 1.84. The van der Waals surface area contributed by atoms with E-state index in [9.17, 15) is 9.59 Å². The molecule has 2 rings (SSSR count). The first kappa shape index (κ1) is 12.2. The van der Waals surface area contributed by atoms with Crippen LogP contribution in [0.5, 0.6) is 5.75 Å². The van der Waals surface area contributed by atoms with Crippen molar-refractivity contribution >= 4 is 16.9 Å². The molecule has 1 heterocycles. The number of carboxylic acids is 1. The van der Waals surface area contributed by atoms with Gasteiger partial charge >= 0.3 is 5.97 Å². The molecule has 0 aliphatic rings. The van der Waals surface area contributed by atoms with Gasteiger partial charge in [-0.1, -0.05) is 6.92 Å². The van der Waals surface area contributed by atoms with Gasteiger partial charge in [-0.15, -0.1) is 0 Å². The van der Waals surface area contributed by atoms with E-state index in [0.717, 1.165) is 0 Å². The Hall–Kier alpha value is -2.30. The maximum atomic E-state index is 12.1. The minimum absolute atomic E-state index is 0.181. The van der Waals surface area contributed by atoms with Crippen LogP contribution in [0.15, 0.2) is 27.4 Å². The van der Waals surface area contributed by atoms with E-state index >= 15 is 0 Å². The number of methoxy groups -OCH3 is 1. The van der Waals surface area contributed by atoms with Crippen LogP contribution >= 0.6 is 0 Å². The van der Waals surface area contributed by atoms with Crippen LogP contribution in [0.4, 0.5) is 0 Å². The van der Waals surface area contributed by atoms with Gasteiger partial charge in [0, 0.05) is 6.07 Å². The fourth-order valence-electron chi connectivity index (χ4n) is 1.83. The van der Waals surface area contributed by atoms with E-state index in [4.69, 9.17) is 14.3 Å². The molecule has 0 radical (unpaired) electrons. The largest absolute Gasteiger partial charge is 0.497 e. The second-order valence-electron chi connectivity index (χ2n) is 3.76. The number of ether oxygens (including phenoxy) is 1. The Morgan fingerprint density at radius 2 is 2.17 bits per heavy atom. The number of aromatic carboxylic acids is 1. The number of fused-ring (bicyclic) bond motifs is 1. The van der Waals surface area contributed by atoms with E-state index in [1.165, 1.54) is 13.2 Å². The quantitative estimate of drug-likeness (QED) is 0.899. The molecular weight excluding hydrogens is 236 g/mol. The zero-order chi connectivity index (χ0) is 13.3. The Kier molecular flexibility index (Phi) is 3.06. The summed E-state index contributed by atoms with van der Waals surface area (Å²) in [5.74, 6) is -1.04. The zero-order valence-electron chi connectivity index (χ0n) is 10.0. The van der Waals surface area contributed by atoms with Gasteiger partial charge in [0.05, 0.1) is 18.1 Å². The van der Waals surface area contributed by atoms with Gasteiger partial charge in [-0.05, 0) is 18.6 Å². The molecule has 18 heavy (non-hydrogen) atoms. The summed E-state index contributed by atoms with van der Waals surface area (Å²) < 4.78 is 10.3. The first-order chi connectivity index (χ1) is 8.58. The smallest absolute Gasteiger partial charge is 0.372 e. The van der Waals surface area contributed by atoms with Crippen LogP contribution in [0.2, 0.25) is 0 Å². The summed E-state index contributed by atoms with van der Waals surface area (Å²) in [5.41, 5.74) is 0.0907. The summed E-state index contributed by atoms with van der Waals surface area (Å²) in [6, 6.07) is 4.71. The molecule has 5 nitrogen and oxygen atoms in total. The van der Waals surface area contributed by atoms with Gasteiger partial charge in [0.1, 0.15) is 11.3 Å². The zero-order valence-corrected chi connectivity index (χ0v) is 10.0. The van der Waals surface area contributed by atoms with E-state index in [1.807, 2.05) is 0 Å². The normalized spacial score (nSPS) is 10.6. The summed E-state index contributed by atoms with van der Waals surface area (Å²) in [5, 5.41) is 9.40. The number of hydrogen-bond acceptors (Lipinski definition) is 4. The summed E-state index contributed by atoms with van der Waals surface area (Å²) in [6.07, 6.45) is 0.311. The molecule has 0 saturated carbocycles. The third-order valence-corrected chi connectivity index (χ3v) is 2.74. The number of hydrogen-bond donors (Lipinski definition) is 1. The molecule has 0 spiro atoms. The first-order valence-electron chi connectivity index (χ1n) is 5.45. The highest BCUT2D eigenvalue weighted by molar-refractivity contribution is 5.89. The second-order valence-corrected chi connectivity index (χ2v) is 3.76. The van der Waals surface area contributed by atoms with Gasteiger partial charge in [-0.25, -0.2) is 4.79 Å². The standard InChI is InChI=1S/C13H12O5/c1-3-8-11(14)9-5-4-7(17-2)6-10(9)18-12(8)13(15)16/h4-6H,3H2,1-2H3,(H,15,16). The highest BCUT2D eigenvalue weighted by atomic mass is 16.5. The lowest BCUT2D eigenvalue weighted by Crippen LogP contribution is -2.15. The lowest BCUT2D eigenvalue weighted by atomic mass is 10.1. The van der Waals surface area contributed by atoms with Gasteiger partial charge in [-0.2, -0.15) is 0 Å².